The predicted octanol–water partition coefficient (Wildman–Crippen LogP) is 2.26. The normalized spacial score (nSPS) is 30.2. The smallest absolute Gasteiger partial charge is 0.0533 e. The maximum Gasteiger partial charge on any atom is 0.0533 e. The lowest BCUT2D eigenvalue weighted by Crippen LogP contribution is -2.59. The van der Waals surface area contributed by atoms with Gasteiger partial charge >= 0.3 is 0 Å². The summed E-state index contributed by atoms with van der Waals surface area (Å²) < 4.78 is 0. The molecule has 1 aliphatic rings. The van der Waals surface area contributed by atoms with Gasteiger partial charge in [-0.05, 0) is 18.9 Å². The van der Waals surface area contributed by atoms with Crippen molar-refractivity contribution in [3.05, 3.63) is 35.9 Å². The monoisotopic (exact) mass is 218 g/mol. The third kappa shape index (κ3) is 2.45. The molecule has 2 heteroatoms. The van der Waals surface area contributed by atoms with Crippen molar-refractivity contribution in [1.82, 2.24) is 10.6 Å². The molecule has 1 saturated heterocycles. The second-order valence-corrected chi connectivity index (χ2v) is 4.95. The van der Waals surface area contributed by atoms with Crippen molar-refractivity contribution >= 4 is 0 Å². The van der Waals surface area contributed by atoms with Gasteiger partial charge in [-0.1, -0.05) is 43.7 Å². The minimum atomic E-state index is 0.0888. The molecule has 2 nitrogen and oxygen atoms in total. The van der Waals surface area contributed by atoms with E-state index in [0.717, 1.165) is 13.1 Å². The lowest BCUT2D eigenvalue weighted by Gasteiger charge is -2.40. The number of hydrogen-bond acceptors (Lipinski definition) is 2. The zero-order chi connectivity index (χ0) is 11.4. The van der Waals surface area contributed by atoms with Crippen LogP contribution in [0.5, 0.6) is 0 Å². The van der Waals surface area contributed by atoms with Crippen molar-refractivity contribution in [3.63, 3.8) is 0 Å². The summed E-state index contributed by atoms with van der Waals surface area (Å²) in [6.07, 6.45) is 2.51. The average molecular weight is 218 g/mol. The molecular weight excluding hydrogens is 196 g/mol. The van der Waals surface area contributed by atoms with Crippen molar-refractivity contribution in [2.24, 2.45) is 0 Å². The highest BCUT2D eigenvalue weighted by atomic mass is 15.1. The third-order valence-corrected chi connectivity index (χ3v) is 3.53. The maximum atomic E-state index is 3.68. The Labute approximate surface area is 98.4 Å². The van der Waals surface area contributed by atoms with E-state index in [0.29, 0.717) is 6.04 Å². The quantitative estimate of drug-likeness (QED) is 0.813. The van der Waals surface area contributed by atoms with Gasteiger partial charge in [0.15, 0.2) is 0 Å². The van der Waals surface area contributed by atoms with E-state index >= 15 is 0 Å². The summed E-state index contributed by atoms with van der Waals surface area (Å²) >= 11 is 0. The Hall–Kier alpha value is -0.860. The maximum absolute atomic E-state index is 3.68. The van der Waals surface area contributed by atoms with Gasteiger partial charge in [0, 0.05) is 19.1 Å². The van der Waals surface area contributed by atoms with Gasteiger partial charge in [-0.25, -0.2) is 0 Å². The third-order valence-electron chi connectivity index (χ3n) is 3.53. The number of piperazine rings is 1. The van der Waals surface area contributed by atoms with Crippen LogP contribution < -0.4 is 10.6 Å². The molecule has 0 bridgehead atoms. The van der Waals surface area contributed by atoms with Crippen molar-refractivity contribution in [3.8, 4) is 0 Å². The van der Waals surface area contributed by atoms with Gasteiger partial charge in [0.25, 0.3) is 0 Å². The van der Waals surface area contributed by atoms with Crippen molar-refractivity contribution < 1.29 is 0 Å². The van der Waals surface area contributed by atoms with Crippen LogP contribution in [0.15, 0.2) is 30.3 Å². The van der Waals surface area contributed by atoms with Gasteiger partial charge in [-0.2, -0.15) is 0 Å². The first-order valence-electron chi connectivity index (χ1n) is 6.28. The molecule has 0 saturated carbocycles. The van der Waals surface area contributed by atoms with E-state index in [-0.39, 0.29) is 5.54 Å². The highest BCUT2D eigenvalue weighted by Crippen LogP contribution is 2.22. The molecule has 2 N–H and O–H groups in total. The summed E-state index contributed by atoms with van der Waals surface area (Å²) in [5.41, 5.74) is 1.46. The Kier molecular flexibility index (Phi) is 3.62. The van der Waals surface area contributed by atoms with E-state index in [9.17, 15) is 0 Å². The molecule has 2 unspecified atom stereocenters. The van der Waals surface area contributed by atoms with Gasteiger partial charge in [0.1, 0.15) is 0 Å². The topological polar surface area (TPSA) is 24.1 Å². The molecule has 1 aliphatic heterocycles. The van der Waals surface area contributed by atoms with Crippen LogP contribution in [0.1, 0.15) is 32.3 Å². The van der Waals surface area contributed by atoms with Gasteiger partial charge in [0.05, 0.1) is 5.54 Å². The van der Waals surface area contributed by atoms with Crippen molar-refractivity contribution in [2.75, 3.05) is 13.1 Å². The van der Waals surface area contributed by atoms with Gasteiger partial charge in [-0.15, -0.1) is 0 Å². The van der Waals surface area contributed by atoms with E-state index in [1.165, 1.54) is 18.4 Å². The zero-order valence-corrected chi connectivity index (χ0v) is 10.3. The first kappa shape index (κ1) is 11.6. The molecule has 2 atom stereocenters. The minimum Gasteiger partial charge on any atom is -0.311 e. The summed E-state index contributed by atoms with van der Waals surface area (Å²) in [6, 6.07) is 11.3. The van der Waals surface area contributed by atoms with Gasteiger partial charge in [-0.3, -0.25) is 0 Å². The number of rotatable bonds is 3. The molecule has 1 aromatic rings. The Morgan fingerprint density at radius 3 is 2.62 bits per heavy atom. The van der Waals surface area contributed by atoms with Crippen LogP contribution in [0, 0.1) is 0 Å². The Morgan fingerprint density at radius 1 is 1.31 bits per heavy atom. The molecule has 0 aromatic heterocycles. The molecule has 0 radical (unpaired) electrons. The van der Waals surface area contributed by atoms with E-state index in [1.54, 1.807) is 0 Å². The van der Waals surface area contributed by atoms with Crippen LogP contribution in [0.3, 0.4) is 0 Å². The second kappa shape index (κ2) is 4.98. The SMILES string of the molecule is CCCC1CNC(C)(c2ccccc2)CN1. The molecular formula is C14H22N2. The summed E-state index contributed by atoms with van der Waals surface area (Å²) in [5.74, 6) is 0. The van der Waals surface area contributed by atoms with Crippen LogP contribution in [-0.4, -0.2) is 19.1 Å². The standard InChI is InChI=1S/C14H22N2/c1-3-7-13-10-16-14(2,11-15-13)12-8-5-4-6-9-12/h4-6,8-9,13,15-16H,3,7,10-11H2,1-2H3. The molecule has 1 heterocycles. The number of benzene rings is 1. The van der Waals surface area contributed by atoms with Crippen molar-refractivity contribution in [2.45, 2.75) is 38.3 Å². The predicted molar refractivity (Wildman–Crippen MR) is 68.5 cm³/mol. The number of hydrogen-bond donors (Lipinski definition) is 2. The fourth-order valence-electron chi connectivity index (χ4n) is 2.39. The van der Waals surface area contributed by atoms with E-state index < -0.39 is 0 Å². The average Bonchev–Trinajstić information content (AvgIpc) is 2.34. The van der Waals surface area contributed by atoms with E-state index in [4.69, 9.17) is 0 Å². The lowest BCUT2D eigenvalue weighted by molar-refractivity contribution is 0.248. The first-order chi connectivity index (χ1) is 7.74. The van der Waals surface area contributed by atoms with Crippen LogP contribution in [0.2, 0.25) is 0 Å². The van der Waals surface area contributed by atoms with Crippen LogP contribution in [0.4, 0.5) is 0 Å². The fraction of sp³-hybridized carbons (Fsp3) is 0.571. The molecule has 1 fully saturated rings. The molecule has 0 aliphatic carbocycles. The van der Waals surface area contributed by atoms with Crippen LogP contribution in [0.25, 0.3) is 0 Å². The Balaban J connectivity index is 2.01. The van der Waals surface area contributed by atoms with Crippen LogP contribution in [-0.2, 0) is 5.54 Å². The zero-order valence-electron chi connectivity index (χ0n) is 10.3. The summed E-state index contributed by atoms with van der Waals surface area (Å²) in [6.45, 7) is 6.60. The molecule has 2 rings (SSSR count). The second-order valence-electron chi connectivity index (χ2n) is 4.95. The minimum absolute atomic E-state index is 0.0888. The van der Waals surface area contributed by atoms with Crippen molar-refractivity contribution in [1.29, 1.82) is 0 Å². The molecule has 1 aromatic carbocycles. The number of nitrogens with one attached hydrogen (secondary N) is 2. The Morgan fingerprint density at radius 2 is 2.06 bits per heavy atom. The highest BCUT2D eigenvalue weighted by Gasteiger charge is 2.30. The molecule has 16 heavy (non-hydrogen) atoms. The summed E-state index contributed by atoms with van der Waals surface area (Å²) in [4.78, 5) is 0. The Bertz CT molecular complexity index is 313. The van der Waals surface area contributed by atoms with Gasteiger partial charge < -0.3 is 10.6 Å². The summed E-state index contributed by atoms with van der Waals surface area (Å²) in [5, 5.41) is 7.33. The largest absolute Gasteiger partial charge is 0.311 e. The summed E-state index contributed by atoms with van der Waals surface area (Å²) in [7, 11) is 0. The van der Waals surface area contributed by atoms with E-state index in [2.05, 4.69) is 54.8 Å². The lowest BCUT2D eigenvalue weighted by atomic mass is 9.89. The molecule has 88 valence electrons. The first-order valence-corrected chi connectivity index (χ1v) is 6.28. The van der Waals surface area contributed by atoms with E-state index in [1.807, 2.05) is 0 Å². The molecule has 0 spiro atoms. The van der Waals surface area contributed by atoms with Crippen LogP contribution >= 0.6 is 0 Å². The highest BCUT2D eigenvalue weighted by molar-refractivity contribution is 5.25. The fourth-order valence-corrected chi connectivity index (χ4v) is 2.39. The van der Waals surface area contributed by atoms with Gasteiger partial charge in [0.2, 0.25) is 0 Å². The molecule has 0 amide bonds.